The molecule has 10 nitrogen and oxygen atoms in total. The van der Waals surface area contributed by atoms with Crippen molar-refractivity contribution in [1.82, 2.24) is 4.90 Å². The summed E-state index contributed by atoms with van der Waals surface area (Å²) in [7, 11) is 3.59. The van der Waals surface area contributed by atoms with Gasteiger partial charge in [-0.15, -0.1) is 0 Å². The highest BCUT2D eigenvalue weighted by molar-refractivity contribution is 5.75. The summed E-state index contributed by atoms with van der Waals surface area (Å²) in [5, 5.41) is 0. The SMILES string of the molecule is CC(=O)O[C@H]1C[C@H]2[C@@H]([C@H](OC(C)=O)C[C@@H]3CC4(CC[C@@]32C)OOC(C)(C)OO4)[C@@H]2CC[C@H]([C@H](C)CCC(=O)N(C)C)[C@@]12C. The molecule has 0 unspecified atom stereocenters. The highest BCUT2D eigenvalue weighted by Crippen LogP contribution is 2.70. The van der Waals surface area contributed by atoms with Crippen LogP contribution in [0.4, 0.5) is 0 Å². The Morgan fingerprint density at radius 3 is 2.14 bits per heavy atom. The molecule has 10 atom stereocenters. The second-order valence-electron chi connectivity index (χ2n) is 15.4. The number of hydrogen-bond donors (Lipinski definition) is 0. The van der Waals surface area contributed by atoms with E-state index in [1.54, 1.807) is 32.8 Å². The van der Waals surface area contributed by atoms with Crippen LogP contribution in [-0.2, 0) is 43.4 Å². The number of hydrogen-bond acceptors (Lipinski definition) is 9. The van der Waals surface area contributed by atoms with Gasteiger partial charge in [0, 0.05) is 58.5 Å². The Labute approximate surface area is 256 Å². The van der Waals surface area contributed by atoms with Crippen molar-refractivity contribution in [3.8, 4) is 0 Å². The van der Waals surface area contributed by atoms with E-state index < -0.39 is 11.6 Å². The smallest absolute Gasteiger partial charge is 0.302 e. The molecule has 1 heterocycles. The Morgan fingerprint density at radius 1 is 0.884 bits per heavy atom. The maximum Gasteiger partial charge on any atom is 0.302 e. The monoisotopic (exact) mass is 607 g/mol. The third-order valence-corrected chi connectivity index (χ3v) is 12.2. The van der Waals surface area contributed by atoms with Gasteiger partial charge in [0.15, 0.2) is 0 Å². The van der Waals surface area contributed by atoms with Crippen LogP contribution in [0.25, 0.3) is 0 Å². The van der Waals surface area contributed by atoms with Crippen LogP contribution in [-0.4, -0.2) is 60.6 Å². The van der Waals surface area contributed by atoms with Gasteiger partial charge in [-0.2, -0.15) is 19.6 Å². The molecular weight excluding hydrogens is 554 g/mol. The van der Waals surface area contributed by atoms with Crippen molar-refractivity contribution in [3.63, 3.8) is 0 Å². The third kappa shape index (κ3) is 5.86. The van der Waals surface area contributed by atoms with Crippen molar-refractivity contribution in [1.29, 1.82) is 0 Å². The molecule has 0 radical (unpaired) electrons. The summed E-state index contributed by atoms with van der Waals surface area (Å²) in [6.45, 7) is 13.4. The number of carbonyl (C=O) groups is 3. The van der Waals surface area contributed by atoms with Crippen LogP contribution < -0.4 is 0 Å². The van der Waals surface area contributed by atoms with Gasteiger partial charge in [-0.3, -0.25) is 14.4 Å². The van der Waals surface area contributed by atoms with Crippen LogP contribution in [0.5, 0.6) is 0 Å². The van der Waals surface area contributed by atoms with Crippen molar-refractivity contribution < 1.29 is 43.4 Å². The van der Waals surface area contributed by atoms with E-state index in [4.69, 9.17) is 29.0 Å². The van der Waals surface area contributed by atoms with Crippen LogP contribution in [0.1, 0.15) is 106 Å². The molecule has 1 aliphatic heterocycles. The zero-order chi connectivity index (χ0) is 31.5. The molecule has 244 valence electrons. The van der Waals surface area contributed by atoms with Crippen molar-refractivity contribution in [2.45, 2.75) is 130 Å². The molecule has 0 N–H and O–H groups in total. The third-order valence-electron chi connectivity index (χ3n) is 12.2. The first-order valence-corrected chi connectivity index (χ1v) is 16.3. The van der Waals surface area contributed by atoms with Crippen molar-refractivity contribution in [3.05, 3.63) is 0 Å². The van der Waals surface area contributed by atoms with Gasteiger partial charge in [0.25, 0.3) is 0 Å². The lowest BCUT2D eigenvalue weighted by atomic mass is 9.42. The van der Waals surface area contributed by atoms with Gasteiger partial charge in [-0.05, 0) is 87.4 Å². The molecule has 0 aromatic heterocycles. The number of carbonyl (C=O) groups excluding carboxylic acids is 3. The number of ether oxygens (including phenoxy) is 2. The fourth-order valence-corrected chi connectivity index (χ4v) is 10.1. The number of fused-ring (bicyclic) bond motifs is 5. The summed E-state index contributed by atoms with van der Waals surface area (Å²) in [6.07, 6.45) is 6.18. The van der Waals surface area contributed by atoms with E-state index >= 15 is 0 Å². The first kappa shape index (κ1) is 32.6. The van der Waals surface area contributed by atoms with E-state index in [9.17, 15) is 14.4 Å². The molecule has 5 fully saturated rings. The fourth-order valence-electron chi connectivity index (χ4n) is 10.1. The molecule has 1 amide bonds. The molecule has 10 heteroatoms. The fraction of sp³-hybridized carbons (Fsp3) is 0.909. The van der Waals surface area contributed by atoms with E-state index in [0.717, 1.165) is 32.1 Å². The molecule has 1 spiro atoms. The summed E-state index contributed by atoms with van der Waals surface area (Å²) in [5.74, 6) is -1.16. The Morgan fingerprint density at radius 2 is 1.53 bits per heavy atom. The lowest BCUT2D eigenvalue weighted by molar-refractivity contribution is -0.656. The number of amides is 1. The number of esters is 2. The Hall–Kier alpha value is -1.75. The lowest BCUT2D eigenvalue weighted by Crippen LogP contribution is -2.65. The second-order valence-corrected chi connectivity index (χ2v) is 15.4. The van der Waals surface area contributed by atoms with Crippen LogP contribution in [0, 0.1) is 46.3 Å². The molecule has 43 heavy (non-hydrogen) atoms. The molecule has 5 aliphatic rings. The minimum Gasteiger partial charge on any atom is -0.462 e. The van der Waals surface area contributed by atoms with Gasteiger partial charge in [0.2, 0.25) is 17.5 Å². The predicted molar refractivity (Wildman–Crippen MR) is 155 cm³/mol. The summed E-state index contributed by atoms with van der Waals surface area (Å²) in [4.78, 5) is 62.1. The van der Waals surface area contributed by atoms with E-state index in [-0.39, 0.29) is 76.4 Å². The molecular formula is C33H53NO9. The van der Waals surface area contributed by atoms with Crippen molar-refractivity contribution in [2.24, 2.45) is 46.3 Å². The van der Waals surface area contributed by atoms with E-state index in [1.807, 2.05) is 0 Å². The first-order valence-electron chi connectivity index (χ1n) is 16.3. The topological polar surface area (TPSA) is 110 Å². The minimum absolute atomic E-state index is 0.103. The second kappa shape index (κ2) is 11.6. The van der Waals surface area contributed by atoms with Crippen molar-refractivity contribution >= 4 is 17.8 Å². The van der Waals surface area contributed by atoms with Gasteiger partial charge in [-0.1, -0.05) is 20.8 Å². The standard InChI is InChI=1S/C33H53NO9/c1-19(10-13-28(37)34(8)9)23-11-12-24-29-25(17-27(32(23,24)7)39-21(3)36)31(6)14-15-33(42-40-30(4,5)41-43-33)18-22(31)16-26(29)38-20(2)35/h19,22-27,29H,10-18H2,1-9H3/t19-,22-,23-,24+,25+,26-,27+,29+,31+,32-/m1/s1. The molecule has 5 rings (SSSR count). The molecule has 4 saturated carbocycles. The number of nitrogens with zero attached hydrogens (tertiary/aromatic N) is 1. The van der Waals surface area contributed by atoms with Crippen LogP contribution in [0.2, 0.25) is 0 Å². The zero-order valence-corrected chi connectivity index (χ0v) is 27.6. The van der Waals surface area contributed by atoms with Crippen molar-refractivity contribution in [2.75, 3.05) is 14.1 Å². The van der Waals surface area contributed by atoms with E-state index in [2.05, 4.69) is 20.8 Å². The van der Waals surface area contributed by atoms with Gasteiger partial charge in [0.05, 0.1) is 0 Å². The van der Waals surface area contributed by atoms with Gasteiger partial charge in [-0.25, -0.2) is 0 Å². The van der Waals surface area contributed by atoms with Crippen LogP contribution in [0.3, 0.4) is 0 Å². The van der Waals surface area contributed by atoms with Gasteiger partial charge >= 0.3 is 11.9 Å². The predicted octanol–water partition coefficient (Wildman–Crippen LogP) is 5.58. The average molecular weight is 608 g/mol. The molecule has 0 bridgehead atoms. The maximum atomic E-state index is 12.6. The van der Waals surface area contributed by atoms with Crippen LogP contribution in [0.15, 0.2) is 0 Å². The molecule has 4 aliphatic carbocycles. The first-order chi connectivity index (χ1) is 20.0. The van der Waals surface area contributed by atoms with Gasteiger partial charge in [0.1, 0.15) is 12.2 Å². The average Bonchev–Trinajstić information content (AvgIpc) is 3.28. The van der Waals surface area contributed by atoms with Crippen LogP contribution >= 0.6 is 0 Å². The minimum atomic E-state index is -1.01. The highest BCUT2D eigenvalue weighted by atomic mass is 17.4. The Bertz CT molecular complexity index is 1080. The zero-order valence-electron chi connectivity index (χ0n) is 27.6. The van der Waals surface area contributed by atoms with Gasteiger partial charge < -0.3 is 14.4 Å². The Balaban J connectivity index is 1.47. The summed E-state index contributed by atoms with van der Waals surface area (Å²) >= 11 is 0. The Kier molecular flexibility index (Phi) is 8.77. The van der Waals surface area contributed by atoms with E-state index in [0.29, 0.717) is 25.7 Å². The maximum absolute atomic E-state index is 12.6. The summed E-state index contributed by atoms with van der Waals surface area (Å²) in [5.41, 5.74) is -0.387. The highest BCUT2D eigenvalue weighted by Gasteiger charge is 2.69. The number of rotatable bonds is 6. The van der Waals surface area contributed by atoms with E-state index in [1.165, 1.54) is 13.8 Å². The summed E-state index contributed by atoms with van der Waals surface area (Å²) in [6, 6.07) is 0. The molecule has 0 aromatic carbocycles. The normalized spacial score (nSPS) is 41.7. The molecule has 1 saturated heterocycles. The largest absolute Gasteiger partial charge is 0.462 e. The quantitative estimate of drug-likeness (QED) is 0.282. The lowest BCUT2D eigenvalue weighted by Gasteiger charge is -2.65. The molecule has 0 aromatic rings. The summed E-state index contributed by atoms with van der Waals surface area (Å²) < 4.78 is 12.5.